The van der Waals surface area contributed by atoms with Crippen LogP contribution in [0.5, 0.6) is 0 Å². The molecule has 0 spiro atoms. The third-order valence-electron chi connectivity index (χ3n) is 3.94. The molecule has 0 aromatic heterocycles. The van der Waals surface area contributed by atoms with Gasteiger partial charge in [0.2, 0.25) is 0 Å². The Kier molecular flexibility index (Phi) is 4.96. The summed E-state index contributed by atoms with van der Waals surface area (Å²) in [5.41, 5.74) is 2.68. The van der Waals surface area contributed by atoms with Crippen LogP contribution in [0.4, 0.5) is 0 Å². The van der Waals surface area contributed by atoms with Gasteiger partial charge in [-0.2, -0.15) is 0 Å². The van der Waals surface area contributed by atoms with Gasteiger partial charge in [-0.15, -0.1) is 0 Å². The highest BCUT2D eigenvalue weighted by molar-refractivity contribution is 5.97. The normalized spacial score (nSPS) is 16.0. The summed E-state index contributed by atoms with van der Waals surface area (Å²) in [6.07, 6.45) is 0.776. The van der Waals surface area contributed by atoms with E-state index in [1.807, 2.05) is 26.0 Å². The molecule has 0 unspecified atom stereocenters. The van der Waals surface area contributed by atoms with Crippen LogP contribution in [-0.2, 0) is 27.5 Å². The molecule has 1 amide bonds. The van der Waals surface area contributed by atoms with Gasteiger partial charge in [0.05, 0.1) is 20.3 Å². The van der Waals surface area contributed by atoms with Gasteiger partial charge < -0.3 is 14.8 Å². The van der Waals surface area contributed by atoms with E-state index in [0.717, 1.165) is 17.5 Å². The van der Waals surface area contributed by atoms with Gasteiger partial charge in [-0.25, -0.2) is 4.79 Å². The number of benzene rings is 1. The van der Waals surface area contributed by atoms with Crippen LogP contribution in [0, 0.1) is 5.92 Å². The third kappa shape index (κ3) is 3.42. The SMILES string of the molecule is CC[C@H](C)[C@@H](NC(=O)c1ccc2c(c1)COC2)C(=O)OC. The van der Waals surface area contributed by atoms with Gasteiger partial charge in [-0.1, -0.05) is 26.3 Å². The number of nitrogens with one attached hydrogen (secondary N) is 1. The van der Waals surface area contributed by atoms with E-state index in [1.165, 1.54) is 7.11 Å². The van der Waals surface area contributed by atoms with Gasteiger partial charge in [0.25, 0.3) is 5.91 Å². The molecule has 0 saturated heterocycles. The van der Waals surface area contributed by atoms with Crippen LogP contribution in [0.3, 0.4) is 0 Å². The Morgan fingerprint density at radius 2 is 2.05 bits per heavy atom. The van der Waals surface area contributed by atoms with Gasteiger partial charge in [0.15, 0.2) is 0 Å². The Morgan fingerprint density at radius 3 is 2.71 bits per heavy atom. The third-order valence-corrected chi connectivity index (χ3v) is 3.94. The van der Waals surface area contributed by atoms with Crippen molar-refractivity contribution in [3.8, 4) is 0 Å². The lowest BCUT2D eigenvalue weighted by molar-refractivity contribution is -0.144. The molecule has 5 heteroatoms. The van der Waals surface area contributed by atoms with E-state index in [0.29, 0.717) is 18.8 Å². The van der Waals surface area contributed by atoms with Crippen LogP contribution in [0.15, 0.2) is 18.2 Å². The lowest BCUT2D eigenvalue weighted by Gasteiger charge is -2.21. The molecule has 1 heterocycles. The van der Waals surface area contributed by atoms with Crippen LogP contribution in [0.2, 0.25) is 0 Å². The first-order valence-corrected chi connectivity index (χ1v) is 7.15. The number of methoxy groups -OCH3 is 1. The molecule has 2 rings (SSSR count). The molecule has 0 aliphatic carbocycles. The van der Waals surface area contributed by atoms with Crippen LogP contribution in [0.1, 0.15) is 41.8 Å². The van der Waals surface area contributed by atoms with Crippen LogP contribution in [-0.4, -0.2) is 25.0 Å². The predicted octanol–water partition coefficient (Wildman–Crippen LogP) is 2.03. The Labute approximate surface area is 124 Å². The summed E-state index contributed by atoms with van der Waals surface area (Å²) in [6, 6.07) is 4.85. The maximum absolute atomic E-state index is 12.3. The maximum Gasteiger partial charge on any atom is 0.328 e. The molecule has 114 valence electrons. The molecule has 21 heavy (non-hydrogen) atoms. The summed E-state index contributed by atoms with van der Waals surface area (Å²) in [5.74, 6) is -0.665. The van der Waals surface area contributed by atoms with Crippen molar-refractivity contribution in [1.29, 1.82) is 0 Å². The molecular weight excluding hydrogens is 270 g/mol. The zero-order chi connectivity index (χ0) is 15.4. The summed E-state index contributed by atoms with van der Waals surface area (Å²) in [7, 11) is 1.33. The number of ether oxygens (including phenoxy) is 2. The molecule has 0 bridgehead atoms. The van der Waals surface area contributed by atoms with Crippen molar-refractivity contribution in [3.63, 3.8) is 0 Å². The second-order valence-electron chi connectivity index (χ2n) is 5.34. The quantitative estimate of drug-likeness (QED) is 0.843. The van der Waals surface area contributed by atoms with E-state index in [1.54, 1.807) is 6.07 Å². The average molecular weight is 291 g/mol. The van der Waals surface area contributed by atoms with Gasteiger partial charge >= 0.3 is 5.97 Å². The number of hydrogen-bond donors (Lipinski definition) is 1. The Bertz CT molecular complexity index is 541. The molecule has 1 aromatic rings. The fraction of sp³-hybridized carbons (Fsp3) is 0.500. The molecule has 1 aromatic carbocycles. The molecule has 0 fully saturated rings. The highest BCUT2D eigenvalue weighted by Gasteiger charge is 2.27. The number of rotatable bonds is 5. The summed E-state index contributed by atoms with van der Waals surface area (Å²) in [6.45, 7) is 5.01. The smallest absolute Gasteiger partial charge is 0.328 e. The van der Waals surface area contributed by atoms with E-state index >= 15 is 0 Å². The molecule has 1 aliphatic heterocycles. The van der Waals surface area contributed by atoms with Crippen LogP contribution in [0.25, 0.3) is 0 Å². The number of hydrogen-bond acceptors (Lipinski definition) is 4. The number of carbonyl (C=O) groups is 2. The number of amides is 1. The zero-order valence-electron chi connectivity index (χ0n) is 12.6. The highest BCUT2D eigenvalue weighted by atomic mass is 16.5. The van der Waals surface area contributed by atoms with Crippen LogP contribution < -0.4 is 5.32 Å². The fourth-order valence-electron chi connectivity index (χ4n) is 2.33. The summed E-state index contributed by atoms with van der Waals surface area (Å²) in [5, 5.41) is 2.77. The molecular formula is C16H21NO4. The zero-order valence-corrected chi connectivity index (χ0v) is 12.6. The lowest BCUT2D eigenvalue weighted by Crippen LogP contribution is -2.45. The minimum atomic E-state index is -0.628. The number of fused-ring (bicyclic) bond motifs is 1. The van der Waals surface area contributed by atoms with Gasteiger partial charge in [0, 0.05) is 5.56 Å². The monoisotopic (exact) mass is 291 g/mol. The molecule has 1 N–H and O–H groups in total. The molecule has 0 radical (unpaired) electrons. The van der Waals surface area contributed by atoms with Crippen molar-refractivity contribution in [2.75, 3.05) is 7.11 Å². The lowest BCUT2D eigenvalue weighted by atomic mass is 9.98. The van der Waals surface area contributed by atoms with Crippen molar-refractivity contribution < 1.29 is 19.1 Å². The van der Waals surface area contributed by atoms with E-state index in [2.05, 4.69) is 5.32 Å². The minimum absolute atomic E-state index is 0.0131. The number of carbonyl (C=O) groups excluding carboxylic acids is 2. The average Bonchev–Trinajstić information content (AvgIpc) is 2.98. The summed E-state index contributed by atoms with van der Waals surface area (Å²) in [4.78, 5) is 24.1. The Hall–Kier alpha value is -1.88. The first kappa shape index (κ1) is 15.5. The van der Waals surface area contributed by atoms with Crippen LogP contribution >= 0.6 is 0 Å². The topological polar surface area (TPSA) is 64.6 Å². The predicted molar refractivity (Wildman–Crippen MR) is 77.7 cm³/mol. The number of esters is 1. The van der Waals surface area contributed by atoms with Crippen molar-refractivity contribution in [2.24, 2.45) is 5.92 Å². The van der Waals surface area contributed by atoms with Gasteiger partial charge in [0.1, 0.15) is 6.04 Å². The second kappa shape index (κ2) is 6.72. The minimum Gasteiger partial charge on any atom is -0.467 e. The Morgan fingerprint density at radius 1 is 1.33 bits per heavy atom. The first-order valence-electron chi connectivity index (χ1n) is 7.15. The Balaban J connectivity index is 2.13. The van der Waals surface area contributed by atoms with Gasteiger partial charge in [-0.3, -0.25) is 4.79 Å². The molecule has 1 aliphatic rings. The standard InChI is InChI=1S/C16H21NO4/c1-4-10(2)14(16(19)20-3)17-15(18)11-5-6-12-8-21-9-13(12)7-11/h5-7,10,14H,4,8-9H2,1-3H3,(H,17,18)/t10-,14+/m0/s1. The molecule has 2 atom stereocenters. The van der Waals surface area contributed by atoms with E-state index in [-0.39, 0.29) is 11.8 Å². The largest absolute Gasteiger partial charge is 0.467 e. The van der Waals surface area contributed by atoms with Crippen molar-refractivity contribution >= 4 is 11.9 Å². The van der Waals surface area contributed by atoms with Crippen molar-refractivity contribution in [1.82, 2.24) is 5.32 Å². The van der Waals surface area contributed by atoms with E-state index < -0.39 is 12.0 Å². The highest BCUT2D eigenvalue weighted by Crippen LogP contribution is 2.21. The summed E-state index contributed by atoms with van der Waals surface area (Å²) < 4.78 is 10.1. The van der Waals surface area contributed by atoms with E-state index in [9.17, 15) is 9.59 Å². The fourth-order valence-corrected chi connectivity index (χ4v) is 2.33. The van der Waals surface area contributed by atoms with Gasteiger partial charge in [-0.05, 0) is 29.2 Å². The summed E-state index contributed by atoms with van der Waals surface area (Å²) >= 11 is 0. The van der Waals surface area contributed by atoms with Crippen molar-refractivity contribution in [3.05, 3.63) is 34.9 Å². The second-order valence-corrected chi connectivity index (χ2v) is 5.34. The van der Waals surface area contributed by atoms with Crippen molar-refractivity contribution in [2.45, 2.75) is 39.5 Å². The molecule has 5 nitrogen and oxygen atoms in total. The molecule has 0 saturated carbocycles. The first-order chi connectivity index (χ1) is 10.1. The maximum atomic E-state index is 12.3. The van der Waals surface area contributed by atoms with E-state index in [4.69, 9.17) is 9.47 Å².